The van der Waals surface area contributed by atoms with Crippen molar-refractivity contribution in [1.29, 1.82) is 0 Å². The predicted molar refractivity (Wildman–Crippen MR) is 293 cm³/mol. The molecule has 5 heteroatoms. The molecule has 0 aliphatic carbocycles. The molecular formula is C65H68N3OPt-. The number of aromatic hydroxyl groups is 1. The molecule has 0 bridgehead atoms. The van der Waals surface area contributed by atoms with Crippen molar-refractivity contribution in [3.05, 3.63) is 179 Å². The van der Waals surface area contributed by atoms with Crippen molar-refractivity contribution in [3.63, 3.8) is 0 Å². The molecule has 4 nitrogen and oxygen atoms in total. The van der Waals surface area contributed by atoms with Crippen LogP contribution in [0, 0.1) is 26.8 Å². The second-order valence-corrected chi connectivity index (χ2v) is 23.5. The van der Waals surface area contributed by atoms with Crippen LogP contribution in [-0.2, 0) is 42.7 Å². The van der Waals surface area contributed by atoms with Crippen LogP contribution >= 0.6 is 0 Å². The largest absolute Gasteiger partial charge is 0.507 e. The van der Waals surface area contributed by atoms with Crippen molar-refractivity contribution in [2.45, 2.75) is 126 Å². The number of fused-ring (bicyclic) bond motifs is 2. The average molecular weight is 1100 g/mol. The molecule has 0 aliphatic rings. The fourth-order valence-corrected chi connectivity index (χ4v) is 10.1. The number of nitrogens with zero attached hydrogens (tertiary/aromatic N) is 3. The van der Waals surface area contributed by atoms with Crippen molar-refractivity contribution in [1.82, 2.24) is 14.5 Å². The summed E-state index contributed by atoms with van der Waals surface area (Å²) in [5.74, 6) is 0.859. The molecule has 0 amide bonds. The first-order valence-electron chi connectivity index (χ1n) is 24.5. The maximum Gasteiger partial charge on any atom is 0.148 e. The van der Waals surface area contributed by atoms with Crippen LogP contribution in [-0.4, -0.2) is 19.6 Å². The van der Waals surface area contributed by atoms with Gasteiger partial charge in [0.05, 0.1) is 16.6 Å². The summed E-state index contributed by atoms with van der Waals surface area (Å²) in [6.07, 6.45) is 1.91. The SMILES string of the molecule is Cc1cccc(C)c1-c1cc(-c2cc(C(C)(C)C)c(C)c3cccnc23)[c-]c(-c2cc(-c3ccc(C(C)(C)C)cc3)cc3c2nc(-c2cc(C(C)(C)C)ccc2O)n3-c2ccc(C(C)(C)C)cc2)c1.[Pt]. The van der Waals surface area contributed by atoms with Crippen LogP contribution in [0.5, 0.6) is 5.75 Å². The Balaban J connectivity index is 0.00000659. The first-order chi connectivity index (χ1) is 32.4. The van der Waals surface area contributed by atoms with Gasteiger partial charge >= 0.3 is 0 Å². The summed E-state index contributed by atoms with van der Waals surface area (Å²) in [5, 5.41) is 13.1. The average Bonchev–Trinajstić information content (AvgIpc) is 3.67. The third-order valence-electron chi connectivity index (χ3n) is 14.1. The van der Waals surface area contributed by atoms with Gasteiger partial charge in [-0.1, -0.05) is 179 Å². The fourth-order valence-electron chi connectivity index (χ4n) is 10.1. The molecule has 360 valence electrons. The van der Waals surface area contributed by atoms with Gasteiger partial charge in [-0.15, -0.1) is 29.3 Å². The minimum Gasteiger partial charge on any atom is -0.507 e. The van der Waals surface area contributed by atoms with Gasteiger partial charge in [0.2, 0.25) is 0 Å². The van der Waals surface area contributed by atoms with Gasteiger partial charge in [-0.2, -0.15) is 0 Å². The number of phenolic OH excluding ortho intramolecular Hbond substituents is 1. The van der Waals surface area contributed by atoms with E-state index in [1.54, 1.807) is 0 Å². The summed E-state index contributed by atoms with van der Waals surface area (Å²) in [4.78, 5) is 10.8. The van der Waals surface area contributed by atoms with Crippen LogP contribution in [0.1, 0.15) is 122 Å². The zero-order chi connectivity index (χ0) is 49.5. The van der Waals surface area contributed by atoms with E-state index < -0.39 is 0 Å². The molecule has 0 unspecified atom stereocenters. The summed E-state index contributed by atoms with van der Waals surface area (Å²) >= 11 is 0. The van der Waals surface area contributed by atoms with Crippen LogP contribution in [0.25, 0.3) is 83.5 Å². The summed E-state index contributed by atoms with van der Waals surface area (Å²) < 4.78 is 2.25. The molecule has 9 aromatic rings. The van der Waals surface area contributed by atoms with Crippen LogP contribution < -0.4 is 0 Å². The van der Waals surface area contributed by atoms with Crippen molar-refractivity contribution < 1.29 is 26.2 Å². The van der Waals surface area contributed by atoms with E-state index in [9.17, 15) is 5.11 Å². The molecule has 9 rings (SSSR count). The Morgan fingerprint density at radius 2 is 1.06 bits per heavy atom. The van der Waals surface area contributed by atoms with Crippen LogP contribution in [0.4, 0.5) is 0 Å². The monoisotopic (exact) mass is 1100 g/mol. The number of aromatic nitrogens is 3. The summed E-state index contributed by atoms with van der Waals surface area (Å²) in [7, 11) is 0. The second-order valence-electron chi connectivity index (χ2n) is 23.5. The molecule has 0 radical (unpaired) electrons. The third-order valence-corrected chi connectivity index (χ3v) is 14.1. The number of rotatable bonds is 6. The molecule has 0 aliphatic heterocycles. The number of aryl methyl sites for hydroxylation is 3. The Labute approximate surface area is 431 Å². The van der Waals surface area contributed by atoms with Gasteiger partial charge < -0.3 is 5.11 Å². The van der Waals surface area contributed by atoms with Gasteiger partial charge in [0, 0.05) is 38.5 Å². The Hall–Kier alpha value is -6.09. The van der Waals surface area contributed by atoms with Gasteiger partial charge in [-0.05, 0) is 140 Å². The Bertz CT molecular complexity index is 3420. The Kier molecular flexibility index (Phi) is 13.1. The minimum absolute atomic E-state index is 0. The van der Waals surface area contributed by atoms with Gasteiger partial charge in [0.25, 0.3) is 0 Å². The van der Waals surface area contributed by atoms with Crippen molar-refractivity contribution in [2.75, 3.05) is 0 Å². The van der Waals surface area contributed by atoms with Crippen molar-refractivity contribution in [3.8, 4) is 67.3 Å². The molecule has 0 spiro atoms. The van der Waals surface area contributed by atoms with E-state index in [1.807, 2.05) is 24.4 Å². The predicted octanol–water partition coefficient (Wildman–Crippen LogP) is 17.5. The van der Waals surface area contributed by atoms with Gasteiger partial charge in [-0.25, -0.2) is 4.98 Å². The molecule has 0 saturated carbocycles. The zero-order valence-electron chi connectivity index (χ0n) is 43.8. The number of benzene rings is 7. The van der Waals surface area contributed by atoms with Gasteiger partial charge in [0.1, 0.15) is 11.6 Å². The number of hydrogen-bond acceptors (Lipinski definition) is 3. The maximum atomic E-state index is 11.9. The number of pyridine rings is 1. The maximum absolute atomic E-state index is 11.9. The van der Waals surface area contributed by atoms with E-state index in [-0.39, 0.29) is 48.5 Å². The molecule has 0 atom stereocenters. The molecule has 2 heterocycles. The summed E-state index contributed by atoms with van der Waals surface area (Å²) in [6, 6.07) is 50.3. The van der Waals surface area contributed by atoms with Crippen LogP contribution in [0.3, 0.4) is 0 Å². The quantitative estimate of drug-likeness (QED) is 0.169. The third kappa shape index (κ3) is 9.45. The van der Waals surface area contributed by atoms with Gasteiger partial charge in [0.15, 0.2) is 0 Å². The Morgan fingerprint density at radius 1 is 0.500 bits per heavy atom. The molecule has 0 fully saturated rings. The van der Waals surface area contributed by atoms with E-state index in [4.69, 9.17) is 9.97 Å². The molecule has 1 N–H and O–H groups in total. The second kappa shape index (κ2) is 18.3. The van der Waals surface area contributed by atoms with Crippen LogP contribution in [0.15, 0.2) is 134 Å². The Morgan fingerprint density at radius 3 is 1.63 bits per heavy atom. The normalized spacial score (nSPS) is 12.4. The molecule has 2 aromatic heterocycles. The van der Waals surface area contributed by atoms with E-state index >= 15 is 0 Å². The molecular weight excluding hydrogens is 1030 g/mol. The standard InChI is InChI=1S/C65H68N3O.Pt/c1-39-18-16-19-40(2)58(39)46-33-44(32-45(34-46)53-38-55(65(13,14)15)41(3)51-20-17-31-66-59(51)53)52-35-43(42-21-23-47(24-22-42)62(4,5)6)36-56-60(52)67-61(54-37-49(64(10,11)12)27-30-57(54)69)68(56)50-28-25-48(26-29-50)63(7,8)9;/h16-31,33-38,69H,1-15H3;/q-1;. The molecule has 7 aromatic carbocycles. The van der Waals surface area contributed by atoms with E-state index in [1.165, 1.54) is 38.9 Å². The smallest absolute Gasteiger partial charge is 0.148 e. The van der Waals surface area contributed by atoms with Crippen LogP contribution in [0.2, 0.25) is 0 Å². The first-order valence-corrected chi connectivity index (χ1v) is 24.5. The minimum atomic E-state index is -0.160. The number of hydrogen-bond donors (Lipinski definition) is 1. The molecule has 0 saturated heterocycles. The first kappa shape index (κ1) is 50.3. The van der Waals surface area contributed by atoms with E-state index in [0.717, 1.165) is 72.1 Å². The summed E-state index contributed by atoms with van der Waals surface area (Å²) in [6.45, 7) is 33.7. The van der Waals surface area contributed by atoms with E-state index in [0.29, 0.717) is 11.4 Å². The molecule has 70 heavy (non-hydrogen) atoms. The van der Waals surface area contributed by atoms with Crippen molar-refractivity contribution in [2.24, 2.45) is 0 Å². The fraction of sp³-hybridized carbons (Fsp3) is 0.292. The zero-order valence-corrected chi connectivity index (χ0v) is 46.1. The number of imidazole rings is 1. The van der Waals surface area contributed by atoms with Crippen molar-refractivity contribution >= 4 is 21.9 Å². The van der Waals surface area contributed by atoms with E-state index in [2.05, 4.69) is 224 Å². The van der Waals surface area contributed by atoms with Gasteiger partial charge in [-0.3, -0.25) is 9.55 Å². The number of phenols is 1. The summed E-state index contributed by atoms with van der Waals surface area (Å²) in [5.41, 5.74) is 21.0. The topological polar surface area (TPSA) is 50.9 Å².